The molecule has 1 rings (SSSR count). The number of methoxy groups -OCH3 is 3. The summed E-state index contributed by atoms with van der Waals surface area (Å²) in [6, 6.07) is 3.52. The summed E-state index contributed by atoms with van der Waals surface area (Å²) in [6.07, 6.45) is 0.435. The van der Waals surface area contributed by atoms with E-state index in [0.717, 1.165) is 5.56 Å². The first kappa shape index (κ1) is 13.2. The fraction of sp³-hybridized carbons (Fsp3) is 0.417. The minimum atomic E-state index is -0.846. The Morgan fingerprint density at radius 3 is 2.24 bits per heavy atom. The average molecular weight is 240 g/mol. The number of benzene rings is 1. The lowest BCUT2D eigenvalue weighted by Gasteiger charge is -2.15. The molecule has 1 aromatic carbocycles. The van der Waals surface area contributed by atoms with Gasteiger partial charge >= 0.3 is 5.97 Å². The van der Waals surface area contributed by atoms with Gasteiger partial charge in [-0.1, -0.05) is 6.07 Å². The number of hydrogen-bond acceptors (Lipinski definition) is 4. The van der Waals surface area contributed by atoms with Gasteiger partial charge in [0.15, 0.2) is 11.5 Å². The first-order valence-corrected chi connectivity index (χ1v) is 5.13. The third-order valence-electron chi connectivity index (χ3n) is 2.39. The Morgan fingerprint density at radius 2 is 1.76 bits per heavy atom. The molecule has 0 heterocycles. The van der Waals surface area contributed by atoms with Gasteiger partial charge in [-0.2, -0.15) is 0 Å². The average Bonchev–Trinajstić information content (AvgIpc) is 2.34. The van der Waals surface area contributed by atoms with Crippen molar-refractivity contribution in [3.05, 3.63) is 17.7 Å². The van der Waals surface area contributed by atoms with Crippen LogP contribution in [0.2, 0.25) is 0 Å². The third-order valence-corrected chi connectivity index (χ3v) is 2.39. The number of aliphatic carboxylic acids is 1. The summed E-state index contributed by atoms with van der Waals surface area (Å²) in [5.41, 5.74) is 0.785. The van der Waals surface area contributed by atoms with Crippen LogP contribution in [-0.4, -0.2) is 32.4 Å². The van der Waals surface area contributed by atoms with Gasteiger partial charge in [0.2, 0.25) is 5.75 Å². The SMILES string of the molecule is COc1ccc(CCC(=O)O)c(OC)c1OC. The zero-order chi connectivity index (χ0) is 12.8. The zero-order valence-electron chi connectivity index (χ0n) is 10.1. The molecule has 0 amide bonds. The van der Waals surface area contributed by atoms with Crippen molar-refractivity contribution < 1.29 is 24.1 Å². The summed E-state index contributed by atoms with van der Waals surface area (Å²) in [6.45, 7) is 0. The maximum atomic E-state index is 10.6. The summed E-state index contributed by atoms with van der Waals surface area (Å²) < 4.78 is 15.6. The Bertz CT molecular complexity index is 400. The van der Waals surface area contributed by atoms with Crippen LogP contribution < -0.4 is 14.2 Å². The molecule has 0 radical (unpaired) electrons. The molecule has 0 atom stereocenters. The fourth-order valence-electron chi connectivity index (χ4n) is 1.60. The molecule has 5 heteroatoms. The smallest absolute Gasteiger partial charge is 0.303 e. The van der Waals surface area contributed by atoms with Gasteiger partial charge in [0.05, 0.1) is 21.3 Å². The Balaban J connectivity index is 3.09. The van der Waals surface area contributed by atoms with Crippen molar-refractivity contribution >= 4 is 5.97 Å². The quantitative estimate of drug-likeness (QED) is 0.820. The van der Waals surface area contributed by atoms with Crippen LogP contribution in [0.25, 0.3) is 0 Å². The van der Waals surface area contributed by atoms with E-state index in [1.54, 1.807) is 12.1 Å². The predicted molar refractivity (Wildman–Crippen MR) is 62.1 cm³/mol. The van der Waals surface area contributed by atoms with E-state index in [0.29, 0.717) is 23.7 Å². The molecule has 1 aromatic rings. The molecule has 5 nitrogen and oxygen atoms in total. The lowest BCUT2D eigenvalue weighted by molar-refractivity contribution is -0.136. The molecule has 1 N–H and O–H groups in total. The molecule has 94 valence electrons. The van der Waals surface area contributed by atoms with Crippen molar-refractivity contribution in [3.8, 4) is 17.2 Å². The Labute approximate surface area is 99.9 Å². The van der Waals surface area contributed by atoms with Crippen molar-refractivity contribution in [2.24, 2.45) is 0 Å². The van der Waals surface area contributed by atoms with E-state index < -0.39 is 5.97 Å². The molecular weight excluding hydrogens is 224 g/mol. The van der Waals surface area contributed by atoms with Crippen LogP contribution >= 0.6 is 0 Å². The van der Waals surface area contributed by atoms with Crippen molar-refractivity contribution in [1.82, 2.24) is 0 Å². The van der Waals surface area contributed by atoms with Gasteiger partial charge in [-0.15, -0.1) is 0 Å². The number of carboxylic acids is 1. The molecule has 0 fully saturated rings. The van der Waals surface area contributed by atoms with Crippen molar-refractivity contribution in [2.75, 3.05) is 21.3 Å². The zero-order valence-corrected chi connectivity index (χ0v) is 10.1. The van der Waals surface area contributed by atoms with Gasteiger partial charge < -0.3 is 19.3 Å². The second-order valence-corrected chi connectivity index (χ2v) is 3.39. The summed E-state index contributed by atoms with van der Waals surface area (Å²) in [7, 11) is 4.57. The molecule has 0 unspecified atom stereocenters. The highest BCUT2D eigenvalue weighted by molar-refractivity contribution is 5.67. The fourth-order valence-corrected chi connectivity index (χ4v) is 1.60. The Morgan fingerprint density at radius 1 is 1.12 bits per heavy atom. The van der Waals surface area contributed by atoms with E-state index in [2.05, 4.69) is 0 Å². The molecule has 0 aromatic heterocycles. The number of aryl methyl sites for hydroxylation is 1. The maximum absolute atomic E-state index is 10.6. The van der Waals surface area contributed by atoms with Crippen molar-refractivity contribution in [1.29, 1.82) is 0 Å². The molecule has 0 saturated heterocycles. The van der Waals surface area contributed by atoms with Gasteiger partial charge in [-0.05, 0) is 18.1 Å². The van der Waals surface area contributed by atoms with Crippen LogP contribution in [0.1, 0.15) is 12.0 Å². The lowest BCUT2D eigenvalue weighted by atomic mass is 10.1. The molecule has 0 spiro atoms. The standard InChI is InChI=1S/C12H16O5/c1-15-9-6-4-8(5-7-10(13)14)11(16-2)12(9)17-3/h4,6H,5,7H2,1-3H3,(H,13,14). The predicted octanol–water partition coefficient (Wildman–Crippen LogP) is 1.73. The van der Waals surface area contributed by atoms with Crippen LogP contribution in [0.3, 0.4) is 0 Å². The molecular formula is C12H16O5. The molecule has 0 aliphatic rings. The minimum absolute atomic E-state index is 0.0475. The highest BCUT2D eigenvalue weighted by Crippen LogP contribution is 2.40. The van der Waals surface area contributed by atoms with E-state index in [9.17, 15) is 4.79 Å². The van der Waals surface area contributed by atoms with Crippen LogP contribution in [0, 0.1) is 0 Å². The van der Waals surface area contributed by atoms with Crippen LogP contribution in [-0.2, 0) is 11.2 Å². The number of carboxylic acid groups (broad SMARTS) is 1. The number of hydrogen-bond donors (Lipinski definition) is 1. The summed E-state index contributed by atoms with van der Waals surface area (Å²) >= 11 is 0. The van der Waals surface area contributed by atoms with Gasteiger partial charge in [0.25, 0.3) is 0 Å². The number of ether oxygens (including phenoxy) is 3. The maximum Gasteiger partial charge on any atom is 0.303 e. The van der Waals surface area contributed by atoms with Crippen LogP contribution in [0.5, 0.6) is 17.2 Å². The third kappa shape index (κ3) is 3.03. The molecule has 17 heavy (non-hydrogen) atoms. The summed E-state index contributed by atoms with van der Waals surface area (Å²) in [5, 5.41) is 8.67. The monoisotopic (exact) mass is 240 g/mol. The van der Waals surface area contributed by atoms with E-state index in [-0.39, 0.29) is 6.42 Å². The van der Waals surface area contributed by atoms with Gasteiger partial charge in [0.1, 0.15) is 0 Å². The normalized spacial score (nSPS) is 9.82. The summed E-state index contributed by atoms with van der Waals surface area (Å²) in [4.78, 5) is 10.6. The first-order valence-electron chi connectivity index (χ1n) is 5.13. The van der Waals surface area contributed by atoms with Crippen molar-refractivity contribution in [3.63, 3.8) is 0 Å². The first-order chi connectivity index (χ1) is 8.13. The largest absolute Gasteiger partial charge is 0.493 e. The second-order valence-electron chi connectivity index (χ2n) is 3.39. The van der Waals surface area contributed by atoms with E-state index in [1.807, 2.05) is 0 Å². The summed E-state index contributed by atoms with van der Waals surface area (Å²) in [5.74, 6) is 0.719. The van der Waals surface area contributed by atoms with Crippen LogP contribution in [0.4, 0.5) is 0 Å². The highest BCUT2D eigenvalue weighted by atomic mass is 16.5. The van der Waals surface area contributed by atoms with Gasteiger partial charge in [0, 0.05) is 6.42 Å². The minimum Gasteiger partial charge on any atom is -0.493 e. The lowest BCUT2D eigenvalue weighted by Crippen LogP contribution is -2.02. The van der Waals surface area contributed by atoms with Gasteiger partial charge in [-0.3, -0.25) is 4.79 Å². The van der Waals surface area contributed by atoms with E-state index >= 15 is 0 Å². The Kier molecular flexibility index (Phi) is 4.63. The number of carbonyl (C=O) groups is 1. The van der Waals surface area contributed by atoms with E-state index in [4.69, 9.17) is 19.3 Å². The molecule has 0 saturated carbocycles. The Hall–Kier alpha value is -1.91. The van der Waals surface area contributed by atoms with Gasteiger partial charge in [-0.25, -0.2) is 0 Å². The molecule has 0 aliphatic heterocycles. The molecule has 0 aliphatic carbocycles. The van der Waals surface area contributed by atoms with E-state index in [1.165, 1.54) is 21.3 Å². The van der Waals surface area contributed by atoms with Crippen molar-refractivity contribution in [2.45, 2.75) is 12.8 Å². The molecule has 0 bridgehead atoms. The topological polar surface area (TPSA) is 65.0 Å². The highest BCUT2D eigenvalue weighted by Gasteiger charge is 2.16. The second kappa shape index (κ2) is 5.98. The van der Waals surface area contributed by atoms with Crippen LogP contribution in [0.15, 0.2) is 12.1 Å². The number of rotatable bonds is 6.